The molecule has 2 heterocycles. The Labute approximate surface area is 123 Å². The molecular formula is C14H21N3S2. The van der Waals surface area contributed by atoms with Gasteiger partial charge in [-0.05, 0) is 25.3 Å². The molecule has 0 spiro atoms. The highest BCUT2D eigenvalue weighted by Gasteiger charge is 2.12. The summed E-state index contributed by atoms with van der Waals surface area (Å²) < 4.78 is 0. The number of anilines is 1. The summed E-state index contributed by atoms with van der Waals surface area (Å²) in [5.41, 5.74) is 0. The minimum atomic E-state index is 0.668. The molecule has 104 valence electrons. The minimum Gasteiger partial charge on any atom is -0.354 e. The maximum absolute atomic E-state index is 4.66. The molecule has 0 atom stereocenters. The molecule has 0 fully saturated rings. The molecule has 0 bridgehead atoms. The van der Waals surface area contributed by atoms with E-state index in [1.165, 1.54) is 10.3 Å². The van der Waals surface area contributed by atoms with Crippen LogP contribution in [0.25, 0.3) is 10.2 Å². The lowest BCUT2D eigenvalue weighted by Crippen LogP contribution is -2.03. The van der Waals surface area contributed by atoms with Crippen LogP contribution >= 0.6 is 23.1 Å². The summed E-state index contributed by atoms with van der Waals surface area (Å²) >= 11 is 3.62. The summed E-state index contributed by atoms with van der Waals surface area (Å²) in [4.78, 5) is 11.7. The van der Waals surface area contributed by atoms with E-state index in [0.717, 1.165) is 34.5 Å². The van der Waals surface area contributed by atoms with E-state index in [0.29, 0.717) is 5.92 Å². The molecule has 0 aliphatic heterocycles. The van der Waals surface area contributed by atoms with Crippen LogP contribution in [0.4, 0.5) is 5.95 Å². The summed E-state index contributed by atoms with van der Waals surface area (Å²) in [6.07, 6.45) is 1.06. The van der Waals surface area contributed by atoms with Crippen LogP contribution in [0, 0.1) is 5.92 Å². The Morgan fingerprint density at radius 2 is 2.11 bits per heavy atom. The largest absolute Gasteiger partial charge is 0.354 e. The van der Waals surface area contributed by atoms with Crippen molar-refractivity contribution in [2.75, 3.05) is 17.6 Å². The van der Waals surface area contributed by atoms with E-state index in [1.807, 2.05) is 11.8 Å². The van der Waals surface area contributed by atoms with E-state index in [2.05, 4.69) is 49.0 Å². The van der Waals surface area contributed by atoms with Crippen molar-refractivity contribution in [2.45, 2.75) is 39.1 Å². The molecule has 0 radical (unpaired) electrons. The average Bonchev–Trinajstić information content (AvgIpc) is 2.79. The highest BCUT2D eigenvalue weighted by atomic mass is 32.2. The van der Waals surface area contributed by atoms with Crippen molar-refractivity contribution in [1.82, 2.24) is 9.97 Å². The normalized spacial score (nSPS) is 11.4. The number of nitrogens with zero attached hydrogens (tertiary/aromatic N) is 2. The van der Waals surface area contributed by atoms with Crippen LogP contribution in [-0.2, 0) is 6.42 Å². The van der Waals surface area contributed by atoms with E-state index >= 15 is 0 Å². The number of aryl methyl sites for hydroxylation is 1. The molecule has 0 unspecified atom stereocenters. The lowest BCUT2D eigenvalue weighted by molar-refractivity contribution is 0.749. The molecule has 0 aliphatic rings. The first-order valence-corrected chi connectivity index (χ1v) is 8.61. The SMILES string of the molecule is CCNc1nc(SCC(C)C)c2cc(CC)sc2n1. The van der Waals surface area contributed by atoms with Gasteiger partial charge in [0.15, 0.2) is 0 Å². The monoisotopic (exact) mass is 295 g/mol. The van der Waals surface area contributed by atoms with E-state index < -0.39 is 0 Å². The van der Waals surface area contributed by atoms with Gasteiger partial charge in [-0.2, -0.15) is 0 Å². The third-order valence-electron chi connectivity index (χ3n) is 2.65. The Morgan fingerprint density at radius 1 is 1.32 bits per heavy atom. The first-order chi connectivity index (χ1) is 9.13. The number of rotatable bonds is 6. The zero-order valence-corrected chi connectivity index (χ0v) is 13.6. The van der Waals surface area contributed by atoms with Crippen LogP contribution < -0.4 is 5.32 Å². The molecule has 2 aromatic heterocycles. The molecule has 1 N–H and O–H groups in total. The van der Waals surface area contributed by atoms with Crippen molar-refractivity contribution < 1.29 is 0 Å². The van der Waals surface area contributed by atoms with Crippen LogP contribution in [0.2, 0.25) is 0 Å². The third-order valence-corrected chi connectivity index (χ3v) is 5.24. The zero-order valence-electron chi connectivity index (χ0n) is 12.0. The molecule has 2 rings (SSSR count). The van der Waals surface area contributed by atoms with Crippen molar-refractivity contribution in [3.05, 3.63) is 10.9 Å². The van der Waals surface area contributed by atoms with Crippen LogP contribution in [0.1, 0.15) is 32.6 Å². The second-order valence-electron chi connectivity index (χ2n) is 4.87. The van der Waals surface area contributed by atoms with Crippen molar-refractivity contribution in [3.63, 3.8) is 0 Å². The summed E-state index contributed by atoms with van der Waals surface area (Å²) in [5, 5.41) is 5.56. The molecular weight excluding hydrogens is 274 g/mol. The Bertz CT molecular complexity index is 549. The van der Waals surface area contributed by atoms with Crippen molar-refractivity contribution in [3.8, 4) is 0 Å². The van der Waals surface area contributed by atoms with E-state index in [4.69, 9.17) is 0 Å². The molecule has 0 aromatic carbocycles. The number of aromatic nitrogens is 2. The van der Waals surface area contributed by atoms with E-state index in [1.54, 1.807) is 11.3 Å². The summed E-state index contributed by atoms with van der Waals surface area (Å²) in [7, 11) is 0. The fraction of sp³-hybridized carbons (Fsp3) is 0.571. The number of thiophene rings is 1. The molecule has 3 nitrogen and oxygen atoms in total. The first-order valence-electron chi connectivity index (χ1n) is 6.81. The van der Waals surface area contributed by atoms with Crippen molar-refractivity contribution >= 4 is 39.3 Å². The van der Waals surface area contributed by atoms with Crippen LogP contribution in [0.15, 0.2) is 11.1 Å². The second-order valence-corrected chi connectivity index (χ2v) is 7.00. The molecule has 0 aliphatic carbocycles. The lowest BCUT2D eigenvalue weighted by Gasteiger charge is -2.07. The number of fused-ring (bicyclic) bond motifs is 1. The Kier molecular flexibility index (Phi) is 5.05. The second kappa shape index (κ2) is 6.57. The predicted molar refractivity (Wildman–Crippen MR) is 86.5 cm³/mol. The highest BCUT2D eigenvalue weighted by Crippen LogP contribution is 2.33. The summed E-state index contributed by atoms with van der Waals surface area (Å²) in [6.45, 7) is 9.58. The van der Waals surface area contributed by atoms with Gasteiger partial charge in [0.05, 0.1) is 0 Å². The van der Waals surface area contributed by atoms with E-state index in [9.17, 15) is 0 Å². The quantitative estimate of drug-likeness (QED) is 0.632. The molecule has 2 aromatic rings. The van der Waals surface area contributed by atoms with Crippen LogP contribution in [0.5, 0.6) is 0 Å². The molecule has 0 saturated heterocycles. The average molecular weight is 295 g/mol. The number of thioether (sulfide) groups is 1. The van der Waals surface area contributed by atoms with Gasteiger partial charge < -0.3 is 5.32 Å². The van der Waals surface area contributed by atoms with Gasteiger partial charge in [0.1, 0.15) is 9.86 Å². The number of hydrogen-bond donors (Lipinski definition) is 1. The highest BCUT2D eigenvalue weighted by molar-refractivity contribution is 7.99. The Morgan fingerprint density at radius 3 is 2.74 bits per heavy atom. The van der Waals surface area contributed by atoms with Gasteiger partial charge in [-0.1, -0.05) is 20.8 Å². The number of nitrogens with one attached hydrogen (secondary N) is 1. The topological polar surface area (TPSA) is 37.8 Å². The maximum atomic E-state index is 4.66. The predicted octanol–water partition coefficient (Wildman–Crippen LogP) is 4.43. The fourth-order valence-electron chi connectivity index (χ4n) is 1.71. The van der Waals surface area contributed by atoms with Gasteiger partial charge in [-0.25, -0.2) is 9.97 Å². The number of hydrogen-bond acceptors (Lipinski definition) is 5. The van der Waals surface area contributed by atoms with Crippen LogP contribution in [-0.4, -0.2) is 22.3 Å². The lowest BCUT2D eigenvalue weighted by atomic mass is 10.3. The minimum absolute atomic E-state index is 0.668. The molecule has 5 heteroatoms. The van der Waals surface area contributed by atoms with Crippen molar-refractivity contribution in [1.29, 1.82) is 0 Å². The Hall–Kier alpha value is -0.810. The molecule has 0 amide bonds. The Balaban J connectivity index is 2.41. The van der Waals surface area contributed by atoms with Gasteiger partial charge in [-0.3, -0.25) is 0 Å². The van der Waals surface area contributed by atoms with Crippen LogP contribution in [0.3, 0.4) is 0 Å². The van der Waals surface area contributed by atoms with Gasteiger partial charge in [0.2, 0.25) is 5.95 Å². The fourth-order valence-corrected chi connectivity index (χ4v) is 3.70. The van der Waals surface area contributed by atoms with Gasteiger partial charge in [0, 0.05) is 22.6 Å². The molecule has 0 saturated carbocycles. The van der Waals surface area contributed by atoms with Gasteiger partial charge in [0.25, 0.3) is 0 Å². The first kappa shape index (κ1) is 14.6. The zero-order chi connectivity index (χ0) is 13.8. The van der Waals surface area contributed by atoms with Crippen molar-refractivity contribution in [2.24, 2.45) is 5.92 Å². The standard InChI is InChI=1S/C14H21N3S2/c1-5-10-7-11-12(18-8-9(3)4)16-14(15-6-2)17-13(11)19-10/h7,9H,5-6,8H2,1-4H3,(H,15,16,17). The van der Waals surface area contributed by atoms with Gasteiger partial charge in [-0.15, -0.1) is 23.1 Å². The third kappa shape index (κ3) is 3.60. The van der Waals surface area contributed by atoms with Gasteiger partial charge >= 0.3 is 0 Å². The smallest absolute Gasteiger partial charge is 0.225 e. The summed E-state index contributed by atoms with van der Waals surface area (Å²) in [6, 6.07) is 2.25. The maximum Gasteiger partial charge on any atom is 0.225 e. The molecule has 19 heavy (non-hydrogen) atoms. The summed E-state index contributed by atoms with van der Waals surface area (Å²) in [5.74, 6) is 2.52. The van der Waals surface area contributed by atoms with E-state index in [-0.39, 0.29) is 0 Å².